The number of nitrogens with zero attached hydrogens (tertiary/aromatic N) is 1. The summed E-state index contributed by atoms with van der Waals surface area (Å²) in [6, 6.07) is 2.86. The van der Waals surface area contributed by atoms with Gasteiger partial charge in [0, 0.05) is 6.04 Å². The predicted molar refractivity (Wildman–Crippen MR) is 78.1 cm³/mol. The zero-order valence-corrected chi connectivity index (χ0v) is 12.6. The highest BCUT2D eigenvalue weighted by atomic mass is 19.4. The van der Waals surface area contributed by atoms with Crippen LogP contribution in [0.1, 0.15) is 51.6 Å². The number of anilines is 1. The first-order valence-corrected chi connectivity index (χ1v) is 7.64. The fourth-order valence-corrected chi connectivity index (χ4v) is 3.19. The lowest BCUT2D eigenvalue weighted by Crippen LogP contribution is -2.28. The van der Waals surface area contributed by atoms with Crippen LogP contribution in [0.25, 0.3) is 0 Å². The molecule has 0 aromatic carbocycles. The van der Waals surface area contributed by atoms with E-state index in [0.29, 0.717) is 17.6 Å². The monoisotopic (exact) mass is 300 g/mol. The normalized spacial score (nSPS) is 23.3. The Bertz CT molecular complexity index is 440. The smallest absolute Gasteiger partial charge is 0.381 e. The Balaban J connectivity index is 1.92. The summed E-state index contributed by atoms with van der Waals surface area (Å²) >= 11 is 0. The molecule has 1 fully saturated rings. The van der Waals surface area contributed by atoms with Gasteiger partial charge in [0.2, 0.25) is 0 Å². The van der Waals surface area contributed by atoms with Gasteiger partial charge < -0.3 is 5.32 Å². The van der Waals surface area contributed by atoms with Crippen LogP contribution in [0.2, 0.25) is 0 Å². The number of aromatic nitrogens is 1. The van der Waals surface area contributed by atoms with Crippen molar-refractivity contribution in [3.63, 3.8) is 0 Å². The Labute approximate surface area is 124 Å². The summed E-state index contributed by atoms with van der Waals surface area (Å²) < 4.78 is 37.4. The van der Waals surface area contributed by atoms with E-state index in [4.69, 9.17) is 0 Å². The number of alkyl halides is 3. The van der Waals surface area contributed by atoms with Crippen molar-refractivity contribution in [3.8, 4) is 0 Å². The van der Waals surface area contributed by atoms with E-state index >= 15 is 0 Å². The van der Waals surface area contributed by atoms with Gasteiger partial charge in [-0.3, -0.25) is 0 Å². The SMILES string of the molecule is CC(C)CC1CCCC(Nc2ccc(C(F)(F)F)nc2)C1. The minimum atomic E-state index is -4.37. The summed E-state index contributed by atoms with van der Waals surface area (Å²) in [4.78, 5) is 3.50. The molecule has 1 aromatic rings. The second kappa shape index (κ2) is 6.67. The quantitative estimate of drug-likeness (QED) is 0.835. The molecule has 2 atom stereocenters. The lowest BCUT2D eigenvalue weighted by molar-refractivity contribution is -0.141. The predicted octanol–water partition coefficient (Wildman–Crippen LogP) is 5.12. The highest BCUT2D eigenvalue weighted by Crippen LogP contribution is 2.32. The molecule has 1 N–H and O–H groups in total. The van der Waals surface area contributed by atoms with Gasteiger partial charge in [-0.25, -0.2) is 4.98 Å². The summed E-state index contributed by atoms with van der Waals surface area (Å²) in [5.74, 6) is 1.42. The van der Waals surface area contributed by atoms with Crippen LogP contribution in [0.5, 0.6) is 0 Å². The van der Waals surface area contributed by atoms with Crippen molar-refractivity contribution in [3.05, 3.63) is 24.0 Å². The maximum Gasteiger partial charge on any atom is 0.433 e. The van der Waals surface area contributed by atoms with E-state index in [1.54, 1.807) is 0 Å². The van der Waals surface area contributed by atoms with Gasteiger partial charge >= 0.3 is 6.18 Å². The molecule has 0 aliphatic heterocycles. The van der Waals surface area contributed by atoms with Gasteiger partial charge in [-0.1, -0.05) is 26.7 Å². The summed E-state index contributed by atoms with van der Waals surface area (Å²) in [6.45, 7) is 4.47. The molecular formula is C16H23F3N2. The van der Waals surface area contributed by atoms with Crippen LogP contribution >= 0.6 is 0 Å². The number of rotatable bonds is 4. The van der Waals surface area contributed by atoms with Crippen LogP contribution in [0.3, 0.4) is 0 Å². The first-order valence-electron chi connectivity index (χ1n) is 7.64. The topological polar surface area (TPSA) is 24.9 Å². The van der Waals surface area contributed by atoms with Crippen molar-refractivity contribution in [1.82, 2.24) is 4.98 Å². The number of pyridine rings is 1. The van der Waals surface area contributed by atoms with Gasteiger partial charge in [0.25, 0.3) is 0 Å². The van der Waals surface area contributed by atoms with Gasteiger partial charge in [-0.15, -0.1) is 0 Å². The van der Waals surface area contributed by atoms with E-state index in [1.165, 1.54) is 31.5 Å². The maximum atomic E-state index is 12.5. The molecule has 0 amide bonds. The minimum Gasteiger partial charge on any atom is -0.381 e. The first-order chi connectivity index (χ1) is 9.84. The van der Waals surface area contributed by atoms with Crippen LogP contribution in [-0.2, 0) is 6.18 Å². The minimum absolute atomic E-state index is 0.348. The van der Waals surface area contributed by atoms with Crippen molar-refractivity contribution in [2.24, 2.45) is 11.8 Å². The second-order valence-corrected chi connectivity index (χ2v) is 6.43. The van der Waals surface area contributed by atoms with E-state index in [2.05, 4.69) is 24.1 Å². The lowest BCUT2D eigenvalue weighted by atomic mass is 9.81. The van der Waals surface area contributed by atoms with Gasteiger partial charge in [-0.2, -0.15) is 13.2 Å². The van der Waals surface area contributed by atoms with Crippen molar-refractivity contribution in [1.29, 1.82) is 0 Å². The third kappa shape index (κ3) is 4.90. The standard InChI is InChI=1S/C16H23F3N2/c1-11(2)8-12-4-3-5-13(9-12)21-14-6-7-15(20-10-14)16(17,18)19/h6-7,10-13,21H,3-5,8-9H2,1-2H3. The van der Waals surface area contributed by atoms with E-state index in [-0.39, 0.29) is 0 Å². The molecule has 21 heavy (non-hydrogen) atoms. The van der Waals surface area contributed by atoms with Gasteiger partial charge in [0.05, 0.1) is 11.9 Å². The average Bonchev–Trinajstić information content (AvgIpc) is 2.38. The summed E-state index contributed by atoms with van der Waals surface area (Å²) in [6.07, 6.45) is 2.77. The van der Waals surface area contributed by atoms with Crippen molar-refractivity contribution in [2.45, 2.75) is 58.2 Å². The maximum absolute atomic E-state index is 12.5. The molecule has 2 nitrogen and oxygen atoms in total. The summed E-state index contributed by atoms with van der Waals surface area (Å²) in [5.41, 5.74) is -0.160. The molecule has 1 aliphatic rings. The fourth-order valence-electron chi connectivity index (χ4n) is 3.19. The van der Waals surface area contributed by atoms with Crippen LogP contribution in [-0.4, -0.2) is 11.0 Å². The highest BCUT2D eigenvalue weighted by molar-refractivity contribution is 5.42. The number of nitrogens with one attached hydrogen (secondary N) is 1. The molecule has 0 radical (unpaired) electrons. The van der Waals surface area contributed by atoms with E-state index < -0.39 is 11.9 Å². The second-order valence-electron chi connectivity index (χ2n) is 6.43. The Morgan fingerprint density at radius 1 is 1.29 bits per heavy atom. The molecule has 2 rings (SSSR count). The van der Waals surface area contributed by atoms with Crippen LogP contribution in [0.4, 0.5) is 18.9 Å². The molecular weight excluding hydrogens is 277 g/mol. The Hall–Kier alpha value is -1.26. The Morgan fingerprint density at radius 3 is 2.62 bits per heavy atom. The number of hydrogen-bond acceptors (Lipinski definition) is 2. The molecule has 1 aliphatic carbocycles. The molecule has 118 valence electrons. The average molecular weight is 300 g/mol. The highest BCUT2D eigenvalue weighted by Gasteiger charge is 2.32. The molecule has 0 saturated heterocycles. The van der Waals surface area contributed by atoms with E-state index in [0.717, 1.165) is 24.8 Å². The fraction of sp³-hybridized carbons (Fsp3) is 0.688. The molecule has 0 spiro atoms. The first kappa shape index (κ1) is 16.1. The van der Waals surface area contributed by atoms with Gasteiger partial charge in [0.15, 0.2) is 0 Å². The Morgan fingerprint density at radius 2 is 2.05 bits per heavy atom. The van der Waals surface area contributed by atoms with Crippen molar-refractivity contribution < 1.29 is 13.2 Å². The molecule has 1 saturated carbocycles. The number of hydrogen-bond donors (Lipinski definition) is 1. The number of halogens is 3. The summed E-state index contributed by atoms with van der Waals surface area (Å²) in [5, 5.41) is 3.33. The largest absolute Gasteiger partial charge is 0.433 e. The molecule has 5 heteroatoms. The van der Waals surface area contributed by atoms with Crippen LogP contribution in [0, 0.1) is 11.8 Å². The zero-order valence-electron chi connectivity index (χ0n) is 12.6. The molecule has 1 aromatic heterocycles. The van der Waals surface area contributed by atoms with Gasteiger partial charge in [0.1, 0.15) is 5.69 Å². The third-order valence-corrected chi connectivity index (χ3v) is 4.01. The van der Waals surface area contributed by atoms with Crippen molar-refractivity contribution >= 4 is 5.69 Å². The van der Waals surface area contributed by atoms with Crippen molar-refractivity contribution in [2.75, 3.05) is 5.32 Å². The van der Waals surface area contributed by atoms with E-state index in [1.807, 2.05) is 0 Å². The molecule has 0 bridgehead atoms. The van der Waals surface area contributed by atoms with Crippen LogP contribution in [0.15, 0.2) is 18.3 Å². The van der Waals surface area contributed by atoms with Crippen LogP contribution < -0.4 is 5.32 Å². The molecule has 2 unspecified atom stereocenters. The zero-order chi connectivity index (χ0) is 15.5. The van der Waals surface area contributed by atoms with Gasteiger partial charge in [-0.05, 0) is 43.2 Å². The summed E-state index contributed by atoms with van der Waals surface area (Å²) in [7, 11) is 0. The molecule has 1 heterocycles. The van der Waals surface area contributed by atoms with E-state index in [9.17, 15) is 13.2 Å². The Kier molecular flexibility index (Phi) is 5.12. The lowest BCUT2D eigenvalue weighted by Gasteiger charge is -2.31. The third-order valence-electron chi connectivity index (χ3n) is 4.01.